The quantitative estimate of drug-likeness (QED) is 0.879. The highest BCUT2D eigenvalue weighted by Gasteiger charge is 2.20. The minimum absolute atomic E-state index is 0.0312. The molecule has 0 aromatic carbocycles. The second kappa shape index (κ2) is 7.05. The molecule has 3 rings (SSSR count). The van der Waals surface area contributed by atoms with Gasteiger partial charge in [-0.25, -0.2) is 9.97 Å². The van der Waals surface area contributed by atoms with E-state index in [-0.39, 0.29) is 5.91 Å². The van der Waals surface area contributed by atoms with Gasteiger partial charge >= 0.3 is 0 Å². The summed E-state index contributed by atoms with van der Waals surface area (Å²) in [5.41, 5.74) is 1.36. The lowest BCUT2D eigenvalue weighted by atomic mass is 9.95. The Bertz CT molecular complexity index is 521. The van der Waals surface area contributed by atoms with Gasteiger partial charge in [0.2, 0.25) is 5.95 Å². The molecule has 2 N–H and O–H groups in total. The Morgan fingerprint density at radius 3 is 2.68 bits per heavy atom. The number of anilines is 1. The highest BCUT2D eigenvalue weighted by atomic mass is 16.1. The van der Waals surface area contributed by atoms with Gasteiger partial charge in [0.05, 0.1) is 11.3 Å². The topological polar surface area (TPSA) is 70.2 Å². The van der Waals surface area contributed by atoms with E-state index in [0.29, 0.717) is 11.6 Å². The first kappa shape index (κ1) is 15.2. The van der Waals surface area contributed by atoms with Gasteiger partial charge in [-0.2, -0.15) is 0 Å². The highest BCUT2D eigenvalue weighted by molar-refractivity contribution is 5.95. The standard InChI is InChI=1S/C16H25N5O/c1-12-14(15(22)20-13-5-3-2-4-6-13)11-18-16(19-12)21-9-7-17-8-10-21/h11,13,17H,2-10H2,1H3,(H,20,22). The number of amides is 1. The van der Waals surface area contributed by atoms with Crippen LogP contribution in [-0.2, 0) is 0 Å². The molecule has 1 aliphatic carbocycles. The van der Waals surface area contributed by atoms with E-state index in [9.17, 15) is 4.79 Å². The number of aryl methyl sites for hydroxylation is 1. The minimum Gasteiger partial charge on any atom is -0.349 e. The molecule has 1 aromatic heterocycles. The molecule has 0 spiro atoms. The number of hydrogen-bond acceptors (Lipinski definition) is 5. The zero-order valence-corrected chi connectivity index (χ0v) is 13.3. The lowest BCUT2D eigenvalue weighted by Crippen LogP contribution is -2.44. The molecule has 0 bridgehead atoms. The number of piperazine rings is 1. The Morgan fingerprint density at radius 2 is 2.00 bits per heavy atom. The fraction of sp³-hybridized carbons (Fsp3) is 0.688. The predicted molar refractivity (Wildman–Crippen MR) is 86.2 cm³/mol. The molecular weight excluding hydrogens is 278 g/mol. The lowest BCUT2D eigenvalue weighted by Gasteiger charge is -2.27. The normalized spacial score (nSPS) is 20.0. The predicted octanol–water partition coefficient (Wildman–Crippen LogP) is 1.26. The molecule has 120 valence electrons. The van der Waals surface area contributed by atoms with E-state index in [1.807, 2.05) is 6.92 Å². The Hall–Kier alpha value is -1.69. The number of carbonyl (C=O) groups is 1. The molecule has 0 unspecified atom stereocenters. The van der Waals surface area contributed by atoms with Gasteiger partial charge in [0, 0.05) is 38.4 Å². The fourth-order valence-electron chi connectivity index (χ4n) is 3.20. The molecule has 1 aliphatic heterocycles. The van der Waals surface area contributed by atoms with Crippen LogP contribution in [0.4, 0.5) is 5.95 Å². The second-order valence-corrected chi connectivity index (χ2v) is 6.21. The smallest absolute Gasteiger partial charge is 0.254 e. The summed E-state index contributed by atoms with van der Waals surface area (Å²) < 4.78 is 0. The van der Waals surface area contributed by atoms with Crippen molar-refractivity contribution in [2.75, 3.05) is 31.1 Å². The van der Waals surface area contributed by atoms with Gasteiger partial charge in [-0.3, -0.25) is 4.79 Å². The summed E-state index contributed by atoms with van der Waals surface area (Å²) in [7, 11) is 0. The van der Waals surface area contributed by atoms with E-state index < -0.39 is 0 Å². The van der Waals surface area contributed by atoms with Crippen molar-refractivity contribution in [3.05, 3.63) is 17.5 Å². The van der Waals surface area contributed by atoms with Crippen molar-refractivity contribution in [3.8, 4) is 0 Å². The van der Waals surface area contributed by atoms with Crippen LogP contribution in [0.5, 0.6) is 0 Å². The van der Waals surface area contributed by atoms with Crippen molar-refractivity contribution in [2.24, 2.45) is 0 Å². The van der Waals surface area contributed by atoms with E-state index >= 15 is 0 Å². The van der Waals surface area contributed by atoms with E-state index in [1.54, 1.807) is 6.20 Å². The molecule has 1 saturated heterocycles. The van der Waals surface area contributed by atoms with Crippen molar-refractivity contribution in [2.45, 2.75) is 45.1 Å². The zero-order chi connectivity index (χ0) is 15.4. The first-order chi connectivity index (χ1) is 10.7. The summed E-state index contributed by atoms with van der Waals surface area (Å²) in [5, 5.41) is 6.45. The number of hydrogen-bond donors (Lipinski definition) is 2. The van der Waals surface area contributed by atoms with E-state index in [1.165, 1.54) is 19.3 Å². The molecule has 2 aliphatic rings. The van der Waals surface area contributed by atoms with Crippen LogP contribution in [0.15, 0.2) is 6.20 Å². The number of nitrogens with zero attached hydrogens (tertiary/aromatic N) is 3. The van der Waals surface area contributed by atoms with Crippen molar-refractivity contribution < 1.29 is 4.79 Å². The first-order valence-electron chi connectivity index (χ1n) is 8.34. The van der Waals surface area contributed by atoms with Crippen LogP contribution in [0.1, 0.15) is 48.2 Å². The van der Waals surface area contributed by atoms with Crippen molar-refractivity contribution in [3.63, 3.8) is 0 Å². The molecule has 6 nitrogen and oxygen atoms in total. The van der Waals surface area contributed by atoms with Crippen molar-refractivity contribution >= 4 is 11.9 Å². The molecule has 2 heterocycles. The van der Waals surface area contributed by atoms with Crippen LogP contribution in [0, 0.1) is 6.92 Å². The summed E-state index contributed by atoms with van der Waals surface area (Å²) >= 11 is 0. The minimum atomic E-state index is -0.0312. The average Bonchev–Trinajstić information content (AvgIpc) is 2.56. The van der Waals surface area contributed by atoms with E-state index in [2.05, 4.69) is 25.5 Å². The van der Waals surface area contributed by atoms with Gasteiger partial charge in [0.25, 0.3) is 5.91 Å². The number of carbonyl (C=O) groups excluding carboxylic acids is 1. The third kappa shape index (κ3) is 3.55. The maximum absolute atomic E-state index is 12.4. The molecule has 1 aromatic rings. The molecule has 0 radical (unpaired) electrons. The molecule has 2 fully saturated rings. The Morgan fingerprint density at radius 1 is 1.27 bits per heavy atom. The summed E-state index contributed by atoms with van der Waals surface area (Å²) in [6, 6.07) is 0.313. The molecule has 0 atom stereocenters. The Labute approximate surface area is 131 Å². The van der Waals surface area contributed by atoms with Crippen LogP contribution >= 0.6 is 0 Å². The van der Waals surface area contributed by atoms with Crippen LogP contribution in [0.25, 0.3) is 0 Å². The second-order valence-electron chi connectivity index (χ2n) is 6.21. The fourth-order valence-corrected chi connectivity index (χ4v) is 3.20. The first-order valence-corrected chi connectivity index (χ1v) is 8.34. The molecular formula is C16H25N5O. The van der Waals surface area contributed by atoms with E-state index in [4.69, 9.17) is 0 Å². The summed E-state index contributed by atoms with van der Waals surface area (Å²) in [4.78, 5) is 23.5. The van der Waals surface area contributed by atoms with Gasteiger partial charge in [0.1, 0.15) is 0 Å². The third-order valence-electron chi connectivity index (χ3n) is 4.55. The largest absolute Gasteiger partial charge is 0.349 e. The number of aromatic nitrogens is 2. The van der Waals surface area contributed by atoms with Crippen LogP contribution < -0.4 is 15.5 Å². The van der Waals surface area contributed by atoms with Gasteiger partial charge in [0.15, 0.2) is 0 Å². The maximum atomic E-state index is 12.4. The molecule has 22 heavy (non-hydrogen) atoms. The third-order valence-corrected chi connectivity index (χ3v) is 4.55. The summed E-state index contributed by atoms with van der Waals surface area (Å²) in [6.07, 6.45) is 7.56. The maximum Gasteiger partial charge on any atom is 0.254 e. The van der Waals surface area contributed by atoms with Gasteiger partial charge < -0.3 is 15.5 Å². The molecule has 1 amide bonds. The lowest BCUT2D eigenvalue weighted by molar-refractivity contribution is 0.0926. The Kier molecular flexibility index (Phi) is 4.87. The van der Waals surface area contributed by atoms with Gasteiger partial charge in [-0.15, -0.1) is 0 Å². The number of nitrogens with one attached hydrogen (secondary N) is 2. The van der Waals surface area contributed by atoms with Gasteiger partial charge in [-0.05, 0) is 19.8 Å². The van der Waals surface area contributed by atoms with Crippen LogP contribution in [0.2, 0.25) is 0 Å². The summed E-state index contributed by atoms with van der Waals surface area (Å²) in [5.74, 6) is 0.699. The average molecular weight is 303 g/mol. The summed E-state index contributed by atoms with van der Waals surface area (Å²) in [6.45, 7) is 5.61. The van der Waals surface area contributed by atoms with E-state index in [0.717, 1.165) is 50.7 Å². The van der Waals surface area contributed by atoms with Gasteiger partial charge in [-0.1, -0.05) is 19.3 Å². The SMILES string of the molecule is Cc1nc(N2CCNCC2)ncc1C(=O)NC1CCCCC1. The Balaban J connectivity index is 1.66. The molecule has 6 heteroatoms. The highest BCUT2D eigenvalue weighted by Crippen LogP contribution is 2.18. The zero-order valence-electron chi connectivity index (χ0n) is 13.3. The monoisotopic (exact) mass is 303 g/mol. The van der Waals surface area contributed by atoms with Crippen molar-refractivity contribution in [1.29, 1.82) is 0 Å². The number of rotatable bonds is 3. The van der Waals surface area contributed by atoms with Crippen LogP contribution in [0.3, 0.4) is 0 Å². The van der Waals surface area contributed by atoms with Crippen molar-refractivity contribution in [1.82, 2.24) is 20.6 Å². The van der Waals surface area contributed by atoms with Crippen LogP contribution in [-0.4, -0.2) is 48.1 Å². The molecule has 1 saturated carbocycles.